The van der Waals surface area contributed by atoms with E-state index in [9.17, 15) is 22.8 Å². The molecule has 0 bridgehead atoms. The van der Waals surface area contributed by atoms with Gasteiger partial charge in [0, 0.05) is 60.8 Å². The number of aryl methyl sites for hydroxylation is 1. The molecule has 0 radical (unpaired) electrons. The van der Waals surface area contributed by atoms with Crippen LogP contribution in [0, 0.1) is 17.5 Å². The van der Waals surface area contributed by atoms with Crippen LogP contribution in [0.15, 0.2) is 90.4 Å². The molecule has 8 nitrogen and oxygen atoms in total. The monoisotopic (exact) mass is 517 g/mol. The van der Waals surface area contributed by atoms with Gasteiger partial charge >= 0.3 is 0 Å². The minimum absolute atomic E-state index is 0.216. The van der Waals surface area contributed by atoms with Crippen LogP contribution in [0.5, 0.6) is 11.5 Å². The normalized spacial score (nSPS) is 10.8. The summed E-state index contributed by atoms with van der Waals surface area (Å²) < 4.78 is 51.4. The second kappa shape index (κ2) is 10.1. The van der Waals surface area contributed by atoms with Crippen molar-refractivity contribution in [3.63, 3.8) is 0 Å². The zero-order valence-electron chi connectivity index (χ0n) is 19.7. The summed E-state index contributed by atoms with van der Waals surface area (Å²) >= 11 is 0. The summed E-state index contributed by atoms with van der Waals surface area (Å²) in [4.78, 5) is 29.7. The Labute approximate surface area is 213 Å². The molecular weight excluding hydrogens is 499 g/mol. The number of hydrogen-bond acceptors (Lipinski definition) is 5. The number of carbonyl (C=O) groups is 1. The van der Waals surface area contributed by atoms with Crippen LogP contribution < -0.4 is 15.6 Å². The van der Waals surface area contributed by atoms with Crippen molar-refractivity contribution in [1.82, 2.24) is 19.3 Å². The van der Waals surface area contributed by atoms with Crippen molar-refractivity contribution in [3.8, 4) is 28.3 Å². The number of halogens is 3. The first kappa shape index (κ1) is 24.5. The van der Waals surface area contributed by atoms with E-state index in [0.29, 0.717) is 16.8 Å². The lowest BCUT2D eigenvalue weighted by Crippen LogP contribution is -2.28. The molecule has 0 aliphatic rings. The first-order valence-electron chi connectivity index (χ1n) is 11.2. The van der Waals surface area contributed by atoms with Gasteiger partial charge in [0.2, 0.25) is 0 Å². The van der Waals surface area contributed by atoms with Crippen LogP contribution in [-0.4, -0.2) is 25.2 Å². The number of nitrogens with zero attached hydrogens (tertiary/aromatic N) is 4. The molecule has 0 saturated carbocycles. The van der Waals surface area contributed by atoms with Crippen LogP contribution in [0.25, 0.3) is 16.8 Å². The maximum atomic E-state index is 14.9. The van der Waals surface area contributed by atoms with Crippen LogP contribution in [0.3, 0.4) is 0 Å². The van der Waals surface area contributed by atoms with Crippen LogP contribution in [0.4, 0.5) is 18.9 Å². The second-order valence-corrected chi connectivity index (χ2v) is 8.17. The number of rotatable bonds is 6. The van der Waals surface area contributed by atoms with E-state index in [4.69, 9.17) is 4.74 Å². The molecule has 0 spiro atoms. The summed E-state index contributed by atoms with van der Waals surface area (Å²) in [5, 5.41) is 6.31. The zero-order valence-corrected chi connectivity index (χ0v) is 19.7. The van der Waals surface area contributed by atoms with E-state index < -0.39 is 40.4 Å². The third-order valence-electron chi connectivity index (χ3n) is 5.58. The maximum absolute atomic E-state index is 14.9. The number of carbonyl (C=O) groups excluding carboxylic acids is 1. The fourth-order valence-electron chi connectivity index (χ4n) is 3.73. The van der Waals surface area contributed by atoms with Gasteiger partial charge in [0.15, 0.2) is 17.4 Å². The van der Waals surface area contributed by atoms with Gasteiger partial charge in [0.05, 0.1) is 11.9 Å². The summed E-state index contributed by atoms with van der Waals surface area (Å²) in [5.41, 5.74) is -0.0353. The van der Waals surface area contributed by atoms with Gasteiger partial charge in [-0.3, -0.25) is 23.8 Å². The lowest BCUT2D eigenvalue weighted by atomic mass is 10.1. The molecule has 5 aromatic rings. The standard InChI is InChI=1S/C27H18F3N5O3/c1-34-15-16(13-32-34)20-14-31-9-8-24(20)38-25-12-21(29)23(11-22(25)30)33-26(36)19-3-2-10-35(27(19)37)18-6-4-17(28)5-7-18/h2-15H,1H3,(H,33,36). The molecular formula is C27H18F3N5O3. The van der Waals surface area contributed by atoms with E-state index in [1.165, 1.54) is 61.1 Å². The van der Waals surface area contributed by atoms with E-state index in [2.05, 4.69) is 15.4 Å². The Morgan fingerprint density at radius 2 is 1.76 bits per heavy atom. The number of ether oxygens (including phenoxy) is 1. The lowest BCUT2D eigenvalue weighted by Gasteiger charge is -2.13. The highest BCUT2D eigenvalue weighted by Crippen LogP contribution is 2.35. The van der Waals surface area contributed by atoms with Crippen LogP contribution >= 0.6 is 0 Å². The van der Waals surface area contributed by atoms with E-state index in [1.54, 1.807) is 24.1 Å². The number of hydrogen-bond donors (Lipinski definition) is 1. The van der Waals surface area contributed by atoms with Gasteiger partial charge in [-0.25, -0.2) is 13.2 Å². The Balaban J connectivity index is 1.40. The lowest BCUT2D eigenvalue weighted by molar-refractivity contribution is 0.102. The molecule has 0 aliphatic heterocycles. The van der Waals surface area contributed by atoms with Crippen molar-refractivity contribution in [2.45, 2.75) is 0 Å². The quantitative estimate of drug-likeness (QED) is 0.339. The summed E-state index contributed by atoms with van der Waals surface area (Å²) in [6.45, 7) is 0. The third kappa shape index (κ3) is 4.89. The minimum atomic E-state index is -0.985. The summed E-state index contributed by atoms with van der Waals surface area (Å²) in [6.07, 6.45) is 7.64. The van der Waals surface area contributed by atoms with E-state index >= 15 is 0 Å². The molecule has 190 valence electrons. The summed E-state index contributed by atoms with van der Waals surface area (Å²) in [6, 6.07) is 10.8. The summed E-state index contributed by atoms with van der Waals surface area (Å²) in [5.74, 6) is -3.58. The number of anilines is 1. The molecule has 0 saturated heterocycles. The highest BCUT2D eigenvalue weighted by molar-refractivity contribution is 6.04. The van der Waals surface area contributed by atoms with Crippen molar-refractivity contribution < 1.29 is 22.7 Å². The molecule has 0 atom stereocenters. The summed E-state index contributed by atoms with van der Waals surface area (Å²) in [7, 11) is 1.73. The number of aromatic nitrogens is 4. The van der Waals surface area contributed by atoms with E-state index in [0.717, 1.165) is 16.7 Å². The molecule has 1 N–H and O–H groups in total. The van der Waals surface area contributed by atoms with Crippen molar-refractivity contribution in [3.05, 3.63) is 119 Å². The van der Waals surface area contributed by atoms with Gasteiger partial charge in [0.25, 0.3) is 11.5 Å². The highest BCUT2D eigenvalue weighted by atomic mass is 19.1. The smallest absolute Gasteiger partial charge is 0.267 e. The molecule has 11 heteroatoms. The SMILES string of the molecule is Cn1cc(-c2cnccc2Oc2cc(F)c(NC(=O)c3cccn(-c4ccc(F)cc4)c3=O)cc2F)cn1. The average molecular weight is 517 g/mol. The van der Waals surface area contributed by atoms with Crippen molar-refractivity contribution in [2.75, 3.05) is 5.32 Å². The molecule has 5 rings (SSSR count). The second-order valence-electron chi connectivity index (χ2n) is 8.17. The van der Waals surface area contributed by atoms with Gasteiger partial charge < -0.3 is 10.1 Å². The zero-order chi connectivity index (χ0) is 26.8. The minimum Gasteiger partial charge on any atom is -0.453 e. The molecule has 0 fully saturated rings. The topological polar surface area (TPSA) is 91.0 Å². The van der Waals surface area contributed by atoms with Crippen molar-refractivity contribution in [2.24, 2.45) is 7.05 Å². The van der Waals surface area contributed by atoms with Crippen molar-refractivity contribution >= 4 is 11.6 Å². The fraction of sp³-hybridized carbons (Fsp3) is 0.0370. The average Bonchev–Trinajstić information content (AvgIpc) is 3.34. The first-order chi connectivity index (χ1) is 18.3. The molecule has 0 unspecified atom stereocenters. The Bertz CT molecular complexity index is 1710. The highest BCUT2D eigenvalue weighted by Gasteiger charge is 2.19. The van der Waals surface area contributed by atoms with Gasteiger partial charge in [-0.05, 0) is 42.5 Å². The van der Waals surface area contributed by atoms with Gasteiger partial charge in [0.1, 0.15) is 17.1 Å². The Hall–Kier alpha value is -5.19. The molecule has 2 aromatic carbocycles. The molecule has 0 aliphatic carbocycles. The van der Waals surface area contributed by atoms with Crippen LogP contribution in [-0.2, 0) is 7.05 Å². The number of amides is 1. The van der Waals surface area contributed by atoms with Gasteiger partial charge in [-0.15, -0.1) is 0 Å². The molecule has 3 aromatic heterocycles. The molecule has 1 amide bonds. The van der Waals surface area contributed by atoms with E-state index in [1.807, 2.05) is 0 Å². The Kier molecular flexibility index (Phi) is 6.48. The Morgan fingerprint density at radius 1 is 0.974 bits per heavy atom. The van der Waals surface area contributed by atoms with Gasteiger partial charge in [-0.1, -0.05) is 0 Å². The van der Waals surface area contributed by atoms with Crippen LogP contribution in [0.1, 0.15) is 10.4 Å². The maximum Gasteiger partial charge on any atom is 0.267 e. The van der Waals surface area contributed by atoms with E-state index in [-0.39, 0.29) is 11.3 Å². The number of benzene rings is 2. The fourth-order valence-corrected chi connectivity index (χ4v) is 3.73. The third-order valence-corrected chi connectivity index (χ3v) is 5.58. The number of nitrogens with one attached hydrogen (secondary N) is 1. The largest absolute Gasteiger partial charge is 0.453 e. The van der Waals surface area contributed by atoms with Gasteiger partial charge in [-0.2, -0.15) is 5.10 Å². The predicted molar refractivity (Wildman–Crippen MR) is 133 cm³/mol. The van der Waals surface area contributed by atoms with Crippen LogP contribution in [0.2, 0.25) is 0 Å². The van der Waals surface area contributed by atoms with Crippen molar-refractivity contribution in [1.29, 1.82) is 0 Å². The Morgan fingerprint density at radius 3 is 2.50 bits per heavy atom. The predicted octanol–water partition coefficient (Wildman–Crippen LogP) is 5.09. The number of pyridine rings is 2. The first-order valence-corrected chi connectivity index (χ1v) is 11.2. The molecule has 38 heavy (non-hydrogen) atoms. The molecule has 3 heterocycles.